The molecule has 0 bridgehead atoms. The summed E-state index contributed by atoms with van der Waals surface area (Å²) in [7, 11) is 7.50. The molecule has 0 spiro atoms. The highest BCUT2D eigenvalue weighted by Gasteiger charge is 2.23. The van der Waals surface area contributed by atoms with Crippen molar-refractivity contribution in [2.75, 3.05) is 46.2 Å². The van der Waals surface area contributed by atoms with Gasteiger partial charge in [0.25, 0.3) is 0 Å². The highest BCUT2D eigenvalue weighted by atomic mass is 32.1. The molecule has 2 heterocycles. The van der Waals surface area contributed by atoms with Crippen molar-refractivity contribution in [2.45, 2.75) is 25.8 Å². The van der Waals surface area contributed by atoms with Crippen molar-refractivity contribution in [1.82, 2.24) is 20.5 Å². The molecule has 0 aliphatic carbocycles. The van der Waals surface area contributed by atoms with Gasteiger partial charge in [-0.1, -0.05) is 0 Å². The Kier molecular flexibility index (Phi) is 6.84. The molecule has 0 aromatic carbocycles. The summed E-state index contributed by atoms with van der Waals surface area (Å²) in [5.41, 5.74) is 1.03. The standard InChI is InChI=1S/C16H28N6OS/c1-17-14(23)9-12-5-7-22(8-6-12)15(18-2)19-10-13-11-24-16(20-13)21(3)4/h11-12H,5-10H2,1-4H3,(H,17,23)(H,18,19). The van der Waals surface area contributed by atoms with Gasteiger partial charge in [-0.05, 0) is 18.8 Å². The van der Waals surface area contributed by atoms with Crippen LogP contribution < -0.4 is 15.5 Å². The molecule has 2 rings (SSSR count). The second-order valence-corrected chi connectivity index (χ2v) is 7.06. The number of hydrogen-bond acceptors (Lipinski definition) is 5. The van der Waals surface area contributed by atoms with Crippen LogP contribution in [0.3, 0.4) is 0 Å². The number of carbonyl (C=O) groups excluding carboxylic acids is 1. The topological polar surface area (TPSA) is 72.9 Å². The summed E-state index contributed by atoms with van der Waals surface area (Å²) < 4.78 is 0. The molecular formula is C16H28N6OS. The van der Waals surface area contributed by atoms with E-state index in [1.54, 1.807) is 18.4 Å². The molecule has 1 fully saturated rings. The van der Waals surface area contributed by atoms with Crippen LogP contribution in [-0.2, 0) is 11.3 Å². The molecule has 2 N–H and O–H groups in total. The molecule has 1 aromatic rings. The molecule has 0 unspecified atom stereocenters. The maximum absolute atomic E-state index is 11.5. The molecule has 8 heteroatoms. The van der Waals surface area contributed by atoms with E-state index in [0.717, 1.165) is 42.7 Å². The summed E-state index contributed by atoms with van der Waals surface area (Å²) in [5, 5.41) is 9.19. The predicted molar refractivity (Wildman–Crippen MR) is 99.6 cm³/mol. The predicted octanol–water partition coefficient (Wildman–Crippen LogP) is 1.13. The van der Waals surface area contributed by atoms with E-state index in [9.17, 15) is 4.79 Å². The maximum atomic E-state index is 11.5. The second kappa shape index (κ2) is 8.86. The number of nitrogens with zero attached hydrogens (tertiary/aromatic N) is 4. The number of likely N-dealkylation sites (tertiary alicyclic amines) is 1. The normalized spacial score (nSPS) is 16.2. The monoisotopic (exact) mass is 352 g/mol. The van der Waals surface area contributed by atoms with Gasteiger partial charge in [0.2, 0.25) is 5.91 Å². The minimum absolute atomic E-state index is 0.135. The van der Waals surface area contributed by atoms with Crippen LogP contribution in [0.2, 0.25) is 0 Å². The lowest BCUT2D eigenvalue weighted by molar-refractivity contribution is -0.121. The number of thiazole rings is 1. The molecule has 0 atom stereocenters. The summed E-state index contributed by atoms with van der Waals surface area (Å²) in [6.07, 6.45) is 2.67. The molecule has 1 aliphatic heterocycles. The van der Waals surface area contributed by atoms with Crippen LogP contribution in [0.4, 0.5) is 5.13 Å². The van der Waals surface area contributed by atoms with Gasteiger partial charge in [-0.15, -0.1) is 11.3 Å². The minimum Gasteiger partial charge on any atom is -0.359 e. The van der Waals surface area contributed by atoms with Gasteiger partial charge in [-0.25, -0.2) is 4.98 Å². The number of carbonyl (C=O) groups is 1. The lowest BCUT2D eigenvalue weighted by atomic mass is 9.93. The SMILES string of the molecule is CN=C(NCc1csc(N(C)C)n1)N1CCC(CC(=O)NC)CC1. The number of aromatic nitrogens is 1. The number of guanidine groups is 1. The molecule has 134 valence electrons. The molecule has 24 heavy (non-hydrogen) atoms. The van der Waals surface area contributed by atoms with Gasteiger partial charge in [-0.3, -0.25) is 9.79 Å². The van der Waals surface area contributed by atoms with Crippen LogP contribution >= 0.6 is 11.3 Å². The van der Waals surface area contributed by atoms with Crippen molar-refractivity contribution in [3.05, 3.63) is 11.1 Å². The Hall–Kier alpha value is -1.83. The van der Waals surface area contributed by atoms with Gasteiger partial charge in [0.15, 0.2) is 11.1 Å². The number of hydrogen-bond donors (Lipinski definition) is 2. The van der Waals surface area contributed by atoms with E-state index < -0.39 is 0 Å². The van der Waals surface area contributed by atoms with Crippen LogP contribution in [-0.4, -0.2) is 63.0 Å². The minimum atomic E-state index is 0.135. The largest absolute Gasteiger partial charge is 0.359 e. The van der Waals surface area contributed by atoms with Crippen LogP contribution in [0.15, 0.2) is 10.4 Å². The maximum Gasteiger partial charge on any atom is 0.220 e. The highest BCUT2D eigenvalue weighted by Crippen LogP contribution is 2.21. The van der Waals surface area contributed by atoms with Crippen molar-refractivity contribution in [2.24, 2.45) is 10.9 Å². The number of rotatable bonds is 5. The zero-order valence-corrected chi connectivity index (χ0v) is 15.8. The van der Waals surface area contributed by atoms with Crippen LogP contribution in [0.5, 0.6) is 0 Å². The molecule has 7 nitrogen and oxygen atoms in total. The van der Waals surface area contributed by atoms with Crippen LogP contribution in [0.25, 0.3) is 0 Å². The number of piperidine rings is 1. The first-order valence-electron chi connectivity index (χ1n) is 8.31. The van der Waals surface area contributed by atoms with E-state index in [-0.39, 0.29) is 5.91 Å². The quantitative estimate of drug-likeness (QED) is 0.614. The van der Waals surface area contributed by atoms with Crippen molar-refractivity contribution in [1.29, 1.82) is 0 Å². The van der Waals surface area contributed by atoms with Gasteiger partial charge < -0.3 is 20.4 Å². The van der Waals surface area contributed by atoms with Gasteiger partial charge in [0.05, 0.1) is 12.2 Å². The lowest BCUT2D eigenvalue weighted by Gasteiger charge is -2.34. The Labute approximate surface area is 148 Å². The van der Waals surface area contributed by atoms with Gasteiger partial charge >= 0.3 is 0 Å². The average molecular weight is 353 g/mol. The molecular weight excluding hydrogens is 324 g/mol. The molecule has 1 saturated heterocycles. The number of anilines is 1. The lowest BCUT2D eigenvalue weighted by Crippen LogP contribution is -2.45. The molecule has 0 saturated carbocycles. The van der Waals surface area contributed by atoms with E-state index >= 15 is 0 Å². The van der Waals surface area contributed by atoms with E-state index in [1.807, 2.05) is 26.0 Å². The highest BCUT2D eigenvalue weighted by molar-refractivity contribution is 7.13. The van der Waals surface area contributed by atoms with Crippen molar-refractivity contribution in [3.8, 4) is 0 Å². The number of nitrogens with one attached hydrogen (secondary N) is 2. The zero-order valence-electron chi connectivity index (χ0n) is 15.0. The van der Waals surface area contributed by atoms with Crippen LogP contribution in [0.1, 0.15) is 25.0 Å². The van der Waals surface area contributed by atoms with Crippen LogP contribution in [0, 0.1) is 5.92 Å². The van der Waals surface area contributed by atoms with E-state index in [0.29, 0.717) is 18.9 Å². The van der Waals surface area contributed by atoms with Gasteiger partial charge in [-0.2, -0.15) is 0 Å². The summed E-state index contributed by atoms with van der Waals surface area (Å²) >= 11 is 1.64. The average Bonchev–Trinajstić information content (AvgIpc) is 3.06. The van der Waals surface area contributed by atoms with Gasteiger partial charge in [0, 0.05) is 53.1 Å². The Morgan fingerprint density at radius 1 is 1.46 bits per heavy atom. The zero-order chi connectivity index (χ0) is 17.5. The second-order valence-electron chi connectivity index (χ2n) is 6.22. The van der Waals surface area contributed by atoms with E-state index in [2.05, 4.69) is 30.9 Å². The summed E-state index contributed by atoms with van der Waals surface area (Å²) in [4.78, 5) is 24.7. The summed E-state index contributed by atoms with van der Waals surface area (Å²) in [6.45, 7) is 2.54. The first-order valence-corrected chi connectivity index (χ1v) is 9.19. The Morgan fingerprint density at radius 3 is 2.71 bits per heavy atom. The van der Waals surface area contributed by atoms with Crippen molar-refractivity contribution in [3.63, 3.8) is 0 Å². The Morgan fingerprint density at radius 2 is 2.17 bits per heavy atom. The Bertz CT molecular complexity index is 563. The fraction of sp³-hybridized carbons (Fsp3) is 0.688. The molecule has 0 radical (unpaired) electrons. The third-order valence-electron chi connectivity index (χ3n) is 4.23. The van der Waals surface area contributed by atoms with Crippen molar-refractivity contribution >= 4 is 28.3 Å². The Balaban J connectivity index is 1.81. The number of aliphatic imine (C=N–C) groups is 1. The molecule has 1 amide bonds. The van der Waals surface area contributed by atoms with E-state index in [1.165, 1.54) is 0 Å². The first-order chi connectivity index (χ1) is 11.5. The molecule has 1 aliphatic rings. The van der Waals surface area contributed by atoms with Crippen molar-refractivity contribution < 1.29 is 4.79 Å². The third kappa shape index (κ3) is 5.09. The van der Waals surface area contributed by atoms with E-state index in [4.69, 9.17) is 0 Å². The third-order valence-corrected chi connectivity index (χ3v) is 5.29. The fourth-order valence-electron chi connectivity index (χ4n) is 2.80. The first kappa shape index (κ1) is 18.5. The summed E-state index contributed by atoms with van der Waals surface area (Å²) in [5.74, 6) is 1.52. The smallest absolute Gasteiger partial charge is 0.220 e. The molecule has 1 aromatic heterocycles. The van der Waals surface area contributed by atoms with Gasteiger partial charge in [0.1, 0.15) is 0 Å². The number of amides is 1. The summed E-state index contributed by atoms with van der Waals surface area (Å²) in [6, 6.07) is 0. The fourth-order valence-corrected chi connectivity index (χ4v) is 3.56.